The number of methoxy groups -OCH3 is 1. The lowest BCUT2D eigenvalue weighted by molar-refractivity contribution is 0.0600. The molecule has 1 heterocycles. The molecule has 0 spiro atoms. The first kappa shape index (κ1) is 31.6. The summed E-state index contributed by atoms with van der Waals surface area (Å²) in [6.07, 6.45) is -2.80. The fraction of sp³-hybridized carbons (Fsp3) is 0.0556. The van der Waals surface area contributed by atoms with Gasteiger partial charge in [-0.1, -0.05) is 66.2 Å². The molecule has 0 saturated heterocycles. The van der Waals surface area contributed by atoms with Crippen LogP contribution in [-0.4, -0.2) is 25.5 Å². The Kier molecular flexibility index (Phi) is 8.36. The third-order valence-electron chi connectivity index (χ3n) is 7.71. The number of hydrogen-bond acceptors (Lipinski definition) is 5. The highest BCUT2D eigenvalue weighted by Gasteiger charge is 2.30. The Hall–Kier alpha value is -5.37. The number of fused-ring (bicyclic) bond motifs is 1. The van der Waals surface area contributed by atoms with Crippen molar-refractivity contribution in [3.05, 3.63) is 137 Å². The van der Waals surface area contributed by atoms with Gasteiger partial charge in [0.05, 0.1) is 40.4 Å². The third kappa shape index (κ3) is 5.65. The van der Waals surface area contributed by atoms with E-state index in [1.165, 1.54) is 25.3 Å². The largest absolute Gasteiger partial charge is 0.465 e. The minimum Gasteiger partial charge on any atom is -0.465 e. The highest BCUT2D eigenvalue weighted by atomic mass is 35.5. The predicted octanol–water partition coefficient (Wildman–Crippen LogP) is 9.27. The first-order valence-electron chi connectivity index (χ1n) is 14.0. The molecule has 47 heavy (non-hydrogen) atoms. The first-order chi connectivity index (χ1) is 22.5. The summed E-state index contributed by atoms with van der Waals surface area (Å²) >= 11 is 6.59. The maximum Gasteiger partial charge on any atom is 0.337 e. The van der Waals surface area contributed by atoms with Crippen molar-refractivity contribution in [3.63, 3.8) is 0 Å². The Morgan fingerprint density at radius 3 is 2.28 bits per heavy atom. The Bertz CT molecular complexity index is 2350. The highest BCUT2D eigenvalue weighted by Crippen LogP contribution is 2.45. The number of esters is 1. The summed E-state index contributed by atoms with van der Waals surface area (Å²) < 4.78 is 76.4. The molecule has 0 aliphatic rings. The smallest absolute Gasteiger partial charge is 0.337 e. The van der Waals surface area contributed by atoms with Crippen molar-refractivity contribution in [2.45, 2.75) is 11.3 Å². The molecule has 0 radical (unpaired) electrons. The predicted molar refractivity (Wildman–Crippen MR) is 173 cm³/mol. The van der Waals surface area contributed by atoms with Crippen LogP contribution in [0.3, 0.4) is 0 Å². The van der Waals surface area contributed by atoms with Gasteiger partial charge in [0, 0.05) is 38.2 Å². The van der Waals surface area contributed by atoms with Crippen molar-refractivity contribution in [3.8, 4) is 39.6 Å². The molecule has 0 atom stereocenters. The number of nitriles is 1. The number of nitrogens with zero attached hydrogens (tertiary/aromatic N) is 2. The maximum absolute atomic E-state index is 14.9. The Balaban J connectivity index is 1.70. The monoisotopic (exact) mass is 670 g/mol. The van der Waals surface area contributed by atoms with Crippen LogP contribution >= 0.6 is 11.6 Å². The molecule has 6 rings (SSSR count). The van der Waals surface area contributed by atoms with Gasteiger partial charge in [-0.2, -0.15) is 5.26 Å². The number of carbonyl (C=O) groups is 1. The molecule has 0 unspecified atom stereocenters. The van der Waals surface area contributed by atoms with E-state index in [1.807, 2.05) is 0 Å². The van der Waals surface area contributed by atoms with Crippen molar-refractivity contribution >= 4 is 38.5 Å². The molecule has 0 saturated carbocycles. The van der Waals surface area contributed by atoms with E-state index in [-0.39, 0.29) is 48.8 Å². The number of halogens is 4. The average Bonchev–Trinajstić information content (AvgIpc) is 3.42. The van der Waals surface area contributed by atoms with Crippen molar-refractivity contribution < 1.29 is 31.1 Å². The van der Waals surface area contributed by atoms with E-state index in [4.69, 9.17) is 16.3 Å². The van der Waals surface area contributed by atoms with Crippen LogP contribution in [0.1, 0.15) is 27.9 Å². The summed E-state index contributed by atoms with van der Waals surface area (Å²) in [5, 5.41) is 10.5. The quantitative estimate of drug-likeness (QED) is 0.158. The summed E-state index contributed by atoms with van der Waals surface area (Å²) in [6.45, 7) is 0. The third-order valence-corrected chi connectivity index (χ3v) is 9.75. The van der Waals surface area contributed by atoms with Gasteiger partial charge in [0.15, 0.2) is 0 Å². The minimum atomic E-state index is -4.52. The molecule has 11 heteroatoms. The van der Waals surface area contributed by atoms with Crippen molar-refractivity contribution in [2.75, 3.05) is 7.11 Å². The van der Waals surface area contributed by atoms with Crippen LogP contribution in [0, 0.1) is 17.1 Å². The van der Waals surface area contributed by atoms with Crippen LogP contribution in [-0.2, 0) is 14.8 Å². The zero-order valence-electron chi connectivity index (χ0n) is 24.4. The molecule has 0 aliphatic carbocycles. The van der Waals surface area contributed by atoms with Gasteiger partial charge >= 0.3 is 5.97 Å². The topological polar surface area (TPSA) is 89.2 Å². The number of hydrogen-bond donors (Lipinski definition) is 0. The molecule has 0 bridgehead atoms. The van der Waals surface area contributed by atoms with Gasteiger partial charge in [-0.05, 0) is 60.2 Å². The van der Waals surface area contributed by atoms with Gasteiger partial charge in [0.25, 0.3) is 16.4 Å². The van der Waals surface area contributed by atoms with E-state index in [1.54, 1.807) is 60.7 Å². The van der Waals surface area contributed by atoms with Crippen LogP contribution < -0.4 is 0 Å². The standard InChI is InChI=1S/C36H22ClF3N2O4S/c1-46-36(43)24-11-15-28(31(37)18-24)22-6-4-7-23(17-22)34-33(29-8-3-2-5-25(29)20-41)30-19-26(38)12-16-32(30)42(34)47(44,45)27-13-9-21(10-14-27)35(39)40/h2-19,35H,1H3. The minimum absolute atomic E-state index is 0.105. The van der Waals surface area contributed by atoms with Gasteiger partial charge in [0.2, 0.25) is 0 Å². The van der Waals surface area contributed by atoms with E-state index in [2.05, 4.69) is 6.07 Å². The molecule has 5 aromatic carbocycles. The van der Waals surface area contributed by atoms with Crippen LogP contribution in [0.2, 0.25) is 5.02 Å². The SMILES string of the molecule is COC(=O)c1ccc(-c2cccc(-c3c(-c4ccccc4C#N)c4cc(F)ccc4n3S(=O)(=O)c3ccc(C(F)F)cc3)c2)c(Cl)c1. The maximum atomic E-state index is 14.9. The summed E-state index contributed by atoms with van der Waals surface area (Å²) in [6, 6.07) is 28.0. The molecule has 0 aliphatic heterocycles. The van der Waals surface area contributed by atoms with E-state index in [0.717, 1.165) is 34.3 Å². The van der Waals surface area contributed by atoms with Gasteiger partial charge in [-0.3, -0.25) is 0 Å². The number of rotatable bonds is 7. The zero-order valence-corrected chi connectivity index (χ0v) is 26.0. The Morgan fingerprint density at radius 2 is 1.60 bits per heavy atom. The molecule has 0 amide bonds. The lowest BCUT2D eigenvalue weighted by Gasteiger charge is -2.16. The Labute approximate surface area is 272 Å². The van der Waals surface area contributed by atoms with E-state index < -0.39 is 28.2 Å². The normalized spacial score (nSPS) is 11.5. The molecule has 0 fully saturated rings. The fourth-order valence-corrected chi connectivity index (χ4v) is 7.37. The van der Waals surface area contributed by atoms with Gasteiger partial charge < -0.3 is 4.74 Å². The summed E-state index contributed by atoms with van der Waals surface area (Å²) in [7, 11) is -3.27. The molecular formula is C36H22ClF3N2O4S. The van der Waals surface area contributed by atoms with Crippen LogP contribution in [0.25, 0.3) is 44.4 Å². The second kappa shape index (κ2) is 12.4. The van der Waals surface area contributed by atoms with Crippen molar-refractivity contribution in [2.24, 2.45) is 0 Å². The van der Waals surface area contributed by atoms with Crippen LogP contribution in [0.4, 0.5) is 13.2 Å². The lowest BCUT2D eigenvalue weighted by atomic mass is 9.93. The molecule has 6 nitrogen and oxygen atoms in total. The lowest BCUT2D eigenvalue weighted by Crippen LogP contribution is -2.14. The number of benzene rings is 5. The fourth-order valence-electron chi connectivity index (χ4n) is 5.54. The molecule has 1 aromatic heterocycles. The van der Waals surface area contributed by atoms with Gasteiger partial charge in [-0.15, -0.1) is 0 Å². The second-order valence-electron chi connectivity index (χ2n) is 10.4. The highest BCUT2D eigenvalue weighted by molar-refractivity contribution is 7.90. The summed E-state index contributed by atoms with van der Waals surface area (Å²) in [5.41, 5.74) is 2.39. The molecule has 234 valence electrons. The zero-order chi connectivity index (χ0) is 33.5. The average molecular weight is 671 g/mol. The summed E-state index contributed by atoms with van der Waals surface area (Å²) in [5.74, 6) is -1.21. The number of ether oxygens (including phenoxy) is 1. The number of alkyl halides is 2. The second-order valence-corrected chi connectivity index (χ2v) is 12.6. The van der Waals surface area contributed by atoms with E-state index in [0.29, 0.717) is 22.3 Å². The number of carbonyl (C=O) groups excluding carboxylic acids is 1. The van der Waals surface area contributed by atoms with Crippen LogP contribution in [0.15, 0.2) is 114 Å². The molecular weight excluding hydrogens is 649 g/mol. The first-order valence-corrected chi connectivity index (χ1v) is 15.8. The van der Waals surface area contributed by atoms with Crippen molar-refractivity contribution in [1.29, 1.82) is 5.26 Å². The van der Waals surface area contributed by atoms with E-state index in [9.17, 15) is 31.6 Å². The summed E-state index contributed by atoms with van der Waals surface area (Å²) in [4.78, 5) is 11.8. The van der Waals surface area contributed by atoms with Crippen molar-refractivity contribution in [1.82, 2.24) is 3.97 Å². The number of aromatic nitrogens is 1. The van der Waals surface area contributed by atoms with Gasteiger partial charge in [-0.25, -0.2) is 30.4 Å². The molecule has 6 aromatic rings. The Morgan fingerprint density at radius 1 is 0.872 bits per heavy atom. The van der Waals surface area contributed by atoms with Crippen LogP contribution in [0.5, 0.6) is 0 Å². The van der Waals surface area contributed by atoms with E-state index >= 15 is 0 Å². The molecule has 0 N–H and O–H groups in total. The van der Waals surface area contributed by atoms with Gasteiger partial charge in [0.1, 0.15) is 5.82 Å².